The minimum atomic E-state index is -0.600. The fraction of sp³-hybridized carbons (Fsp3) is 0.400. The minimum Gasteiger partial charge on any atom is -0.410 e. The topological polar surface area (TPSA) is 128 Å². The normalized spacial score (nSPS) is 14.0. The fourth-order valence-electron chi connectivity index (χ4n) is 4.76. The van der Waals surface area contributed by atoms with Crippen LogP contribution in [0.2, 0.25) is 0 Å². The zero-order chi connectivity index (χ0) is 29.7. The van der Waals surface area contributed by atoms with Crippen molar-refractivity contribution in [2.24, 2.45) is 0 Å². The van der Waals surface area contributed by atoms with Crippen molar-refractivity contribution >= 4 is 56.9 Å². The number of thioether (sulfide) groups is 1. The average Bonchev–Trinajstić information content (AvgIpc) is 3.63. The number of hydrogen-bond acceptors (Lipinski definition) is 11. The van der Waals surface area contributed by atoms with Gasteiger partial charge < -0.3 is 9.47 Å². The van der Waals surface area contributed by atoms with Crippen molar-refractivity contribution < 1.29 is 19.1 Å². The summed E-state index contributed by atoms with van der Waals surface area (Å²) in [5.41, 5.74) is 1.33. The number of aryl methyl sites for hydroxylation is 2. The molecule has 0 spiro atoms. The molecule has 4 aromatic rings. The highest BCUT2D eigenvalue weighted by molar-refractivity contribution is 7.99. The van der Waals surface area contributed by atoms with Gasteiger partial charge >= 0.3 is 12.2 Å². The third kappa shape index (κ3) is 10.3. The van der Waals surface area contributed by atoms with Crippen LogP contribution in [0.1, 0.15) is 66.4 Å². The predicted molar refractivity (Wildman–Crippen MR) is 172 cm³/mol. The van der Waals surface area contributed by atoms with Crippen LogP contribution < -0.4 is 20.1 Å². The van der Waals surface area contributed by atoms with E-state index in [0.29, 0.717) is 27.7 Å². The van der Waals surface area contributed by atoms with Gasteiger partial charge in [-0.1, -0.05) is 85.1 Å². The standard InChI is InChI=1S/C30H34N6O4S3/c37-29(39-23-11-7-4-8-12-23)31-27-35-33-25(42-27)17-19-41-20-18-26-34-36-28(43-26)32-30(38)40-24-15-13-22(14-16-24)21-9-5-2-1-3-6-10-21/h4,7-8,11-16,21H,1-3,5-6,9-10,17-20H2,(H,31,35,37)(H,32,36,38). The largest absolute Gasteiger partial charge is 0.418 e. The van der Waals surface area contributed by atoms with Gasteiger partial charge in [0, 0.05) is 12.8 Å². The molecule has 0 unspecified atom stereocenters. The molecule has 10 nitrogen and oxygen atoms in total. The lowest BCUT2D eigenvalue weighted by atomic mass is 9.86. The molecule has 2 N–H and O–H groups in total. The number of ether oxygens (including phenoxy) is 2. The lowest BCUT2D eigenvalue weighted by Crippen LogP contribution is -2.16. The van der Waals surface area contributed by atoms with Crippen LogP contribution in [-0.4, -0.2) is 44.1 Å². The van der Waals surface area contributed by atoms with Crippen LogP contribution in [0.25, 0.3) is 0 Å². The summed E-state index contributed by atoms with van der Waals surface area (Å²) >= 11 is 4.42. The lowest BCUT2D eigenvalue weighted by Gasteiger charge is -2.20. The maximum Gasteiger partial charge on any atom is 0.418 e. The third-order valence-electron chi connectivity index (χ3n) is 6.89. The van der Waals surface area contributed by atoms with E-state index >= 15 is 0 Å². The van der Waals surface area contributed by atoms with Crippen molar-refractivity contribution in [1.82, 2.24) is 20.4 Å². The first-order chi connectivity index (χ1) is 21.1. The molecule has 2 amide bonds. The van der Waals surface area contributed by atoms with Crippen LogP contribution in [0.15, 0.2) is 54.6 Å². The van der Waals surface area contributed by atoms with Crippen molar-refractivity contribution in [3.8, 4) is 11.5 Å². The van der Waals surface area contributed by atoms with E-state index in [2.05, 4.69) is 43.2 Å². The first kappa shape index (κ1) is 30.9. The first-order valence-corrected chi connectivity index (χ1v) is 17.2. The number of para-hydroxylation sites is 1. The molecular formula is C30H34N6O4S3. The number of carbonyl (C=O) groups is 2. The fourth-order valence-corrected chi connectivity index (χ4v) is 7.34. The van der Waals surface area contributed by atoms with Gasteiger partial charge in [-0.15, -0.1) is 20.4 Å². The quantitative estimate of drug-likeness (QED) is 0.157. The van der Waals surface area contributed by atoms with Crippen molar-refractivity contribution in [3.63, 3.8) is 0 Å². The molecule has 13 heteroatoms. The van der Waals surface area contributed by atoms with Crippen LogP contribution in [0.5, 0.6) is 11.5 Å². The molecule has 1 saturated carbocycles. The van der Waals surface area contributed by atoms with Gasteiger partial charge in [0.2, 0.25) is 10.3 Å². The summed E-state index contributed by atoms with van der Waals surface area (Å²) in [6, 6.07) is 16.7. The minimum absolute atomic E-state index is 0.399. The Morgan fingerprint density at radius 1 is 0.698 bits per heavy atom. The number of aromatic nitrogens is 4. The molecular weight excluding hydrogens is 605 g/mol. The Bertz CT molecular complexity index is 1440. The molecule has 1 fully saturated rings. The Morgan fingerprint density at radius 2 is 1.21 bits per heavy atom. The summed E-state index contributed by atoms with van der Waals surface area (Å²) in [6.45, 7) is 0. The molecule has 1 aliphatic carbocycles. The molecule has 0 atom stereocenters. The van der Waals surface area contributed by atoms with Crippen molar-refractivity contribution in [1.29, 1.82) is 0 Å². The summed E-state index contributed by atoms with van der Waals surface area (Å²) in [7, 11) is 0. The second-order valence-electron chi connectivity index (χ2n) is 10.1. The van der Waals surface area contributed by atoms with Gasteiger partial charge in [0.1, 0.15) is 21.5 Å². The zero-order valence-electron chi connectivity index (χ0n) is 23.7. The maximum atomic E-state index is 12.4. The van der Waals surface area contributed by atoms with Gasteiger partial charge in [0.25, 0.3) is 0 Å². The van der Waals surface area contributed by atoms with E-state index in [1.165, 1.54) is 73.2 Å². The molecule has 5 rings (SSSR count). The van der Waals surface area contributed by atoms with Crippen molar-refractivity contribution in [2.45, 2.75) is 63.7 Å². The number of amides is 2. The van der Waals surface area contributed by atoms with E-state index in [9.17, 15) is 9.59 Å². The van der Waals surface area contributed by atoms with Crippen LogP contribution in [-0.2, 0) is 12.8 Å². The van der Waals surface area contributed by atoms with Crippen LogP contribution in [0, 0.1) is 0 Å². The van der Waals surface area contributed by atoms with Crippen molar-refractivity contribution in [2.75, 3.05) is 22.1 Å². The second kappa shape index (κ2) is 16.3. The Hall–Kier alpha value is -3.55. The van der Waals surface area contributed by atoms with Gasteiger partial charge in [-0.05, 0) is 60.1 Å². The molecule has 2 aromatic heterocycles. The third-order valence-corrected chi connectivity index (χ3v) is 9.68. The smallest absolute Gasteiger partial charge is 0.410 e. The van der Waals surface area contributed by atoms with E-state index in [0.717, 1.165) is 34.4 Å². The average molecular weight is 639 g/mol. The van der Waals surface area contributed by atoms with E-state index in [1.807, 2.05) is 18.2 Å². The van der Waals surface area contributed by atoms with E-state index in [-0.39, 0.29) is 0 Å². The van der Waals surface area contributed by atoms with Gasteiger partial charge in [0.05, 0.1) is 0 Å². The molecule has 226 valence electrons. The molecule has 0 radical (unpaired) electrons. The summed E-state index contributed by atoms with van der Waals surface area (Å²) in [4.78, 5) is 24.4. The number of anilines is 2. The van der Waals surface area contributed by atoms with Gasteiger partial charge in [-0.3, -0.25) is 10.6 Å². The van der Waals surface area contributed by atoms with Gasteiger partial charge in [-0.25, -0.2) is 9.59 Å². The monoisotopic (exact) mass is 638 g/mol. The van der Waals surface area contributed by atoms with E-state index in [4.69, 9.17) is 9.47 Å². The maximum absolute atomic E-state index is 12.4. The number of nitrogens with zero attached hydrogens (tertiary/aromatic N) is 4. The SMILES string of the molecule is O=C(Nc1nnc(CCSCCc2nnc(NC(=O)Oc3ccc(C4CCCCCCC4)cc3)s2)s1)Oc1ccccc1. The number of rotatable bonds is 11. The lowest BCUT2D eigenvalue weighted by molar-refractivity contribution is 0.214. The predicted octanol–water partition coefficient (Wildman–Crippen LogP) is 7.96. The van der Waals surface area contributed by atoms with Gasteiger partial charge in [0.15, 0.2) is 0 Å². The number of benzene rings is 2. The van der Waals surface area contributed by atoms with Gasteiger partial charge in [-0.2, -0.15) is 11.8 Å². The van der Waals surface area contributed by atoms with E-state index < -0.39 is 12.2 Å². The Labute approximate surface area is 263 Å². The number of nitrogens with one attached hydrogen (secondary N) is 2. The Kier molecular flexibility index (Phi) is 11.7. The molecule has 0 bridgehead atoms. The number of carbonyl (C=O) groups excluding carboxylic acids is 2. The molecule has 0 saturated heterocycles. The molecule has 0 aliphatic heterocycles. The molecule has 43 heavy (non-hydrogen) atoms. The van der Waals surface area contributed by atoms with Crippen LogP contribution in [0.4, 0.5) is 19.9 Å². The van der Waals surface area contributed by atoms with E-state index in [1.54, 1.807) is 36.0 Å². The zero-order valence-corrected chi connectivity index (χ0v) is 26.1. The highest BCUT2D eigenvalue weighted by Crippen LogP contribution is 2.32. The van der Waals surface area contributed by atoms with Crippen molar-refractivity contribution in [3.05, 3.63) is 70.2 Å². The van der Waals surface area contributed by atoms with Crippen LogP contribution in [0.3, 0.4) is 0 Å². The summed E-state index contributed by atoms with van der Waals surface area (Å²) < 4.78 is 10.7. The molecule has 2 aromatic carbocycles. The Balaban J connectivity index is 0.968. The summed E-state index contributed by atoms with van der Waals surface area (Å²) in [6.07, 6.45) is 9.33. The van der Waals surface area contributed by atoms with Crippen LogP contribution >= 0.6 is 34.4 Å². The second-order valence-corrected chi connectivity index (χ2v) is 13.4. The summed E-state index contributed by atoms with van der Waals surface area (Å²) in [5, 5.41) is 24.2. The Morgan fingerprint density at radius 3 is 1.77 bits per heavy atom. The first-order valence-electron chi connectivity index (χ1n) is 14.5. The molecule has 1 aliphatic rings. The highest BCUT2D eigenvalue weighted by Gasteiger charge is 2.15. The summed E-state index contributed by atoms with van der Waals surface area (Å²) in [5.74, 6) is 3.26. The highest BCUT2D eigenvalue weighted by atomic mass is 32.2. The molecule has 2 heterocycles. The number of hydrogen-bond donors (Lipinski definition) is 2.